The molecule has 37 heavy (non-hydrogen) atoms. The van der Waals surface area contributed by atoms with Crippen molar-refractivity contribution in [1.82, 2.24) is 9.80 Å². The number of ether oxygens (including phenoxy) is 2. The van der Waals surface area contributed by atoms with Gasteiger partial charge in [-0.3, -0.25) is 9.59 Å². The molecule has 1 N–H and O–H groups in total. The summed E-state index contributed by atoms with van der Waals surface area (Å²) in [6.45, 7) is 12.1. The number of hydrogen-bond acceptors (Lipinski definition) is 6. The molecule has 3 rings (SSSR count). The van der Waals surface area contributed by atoms with Gasteiger partial charge in [0.1, 0.15) is 17.3 Å². The first kappa shape index (κ1) is 28.3. The monoisotopic (exact) mass is 508 g/mol. The van der Waals surface area contributed by atoms with Gasteiger partial charge >= 0.3 is 0 Å². The summed E-state index contributed by atoms with van der Waals surface area (Å²) in [4.78, 5) is 30.1. The highest BCUT2D eigenvalue weighted by atomic mass is 16.5. The topological polar surface area (TPSA) is 79.3 Å². The van der Waals surface area contributed by atoms with Gasteiger partial charge in [-0.1, -0.05) is 39.8 Å². The smallest absolute Gasteiger partial charge is 0.295 e. The highest BCUT2D eigenvalue weighted by Crippen LogP contribution is 2.41. The third-order valence-corrected chi connectivity index (χ3v) is 6.34. The number of Topliss-reactive ketones (excluding diaryl/α,β-unsaturated/α-hetero) is 1. The van der Waals surface area contributed by atoms with Crippen LogP contribution < -0.4 is 9.47 Å². The maximum absolute atomic E-state index is 13.4. The fourth-order valence-electron chi connectivity index (χ4n) is 4.46. The van der Waals surface area contributed by atoms with E-state index < -0.39 is 17.7 Å². The van der Waals surface area contributed by atoms with Gasteiger partial charge in [0, 0.05) is 24.2 Å². The molecule has 200 valence electrons. The van der Waals surface area contributed by atoms with Gasteiger partial charge in [0.05, 0.1) is 24.8 Å². The molecule has 0 saturated carbocycles. The first-order chi connectivity index (χ1) is 17.5. The minimum absolute atomic E-state index is 0.0837. The number of aliphatic hydroxyl groups is 1. The Morgan fingerprint density at radius 3 is 2.41 bits per heavy atom. The average molecular weight is 509 g/mol. The Balaban J connectivity index is 2.19. The molecular formula is C30H40N2O5. The third-order valence-electron chi connectivity index (χ3n) is 6.34. The molecule has 1 amide bonds. The Hall–Kier alpha value is -3.32. The highest BCUT2D eigenvalue weighted by molar-refractivity contribution is 6.46. The van der Waals surface area contributed by atoms with Gasteiger partial charge in [-0.25, -0.2) is 0 Å². The number of likely N-dealkylation sites (N-methyl/N-ethyl adjacent to an activating group) is 1. The van der Waals surface area contributed by atoms with E-state index in [9.17, 15) is 14.7 Å². The van der Waals surface area contributed by atoms with Crippen LogP contribution in [0.4, 0.5) is 0 Å². The second kappa shape index (κ2) is 11.8. The van der Waals surface area contributed by atoms with E-state index in [2.05, 4.69) is 20.8 Å². The van der Waals surface area contributed by atoms with Gasteiger partial charge in [-0.15, -0.1) is 0 Å². The van der Waals surface area contributed by atoms with Gasteiger partial charge in [-0.05, 0) is 68.8 Å². The van der Waals surface area contributed by atoms with Crippen molar-refractivity contribution < 1.29 is 24.2 Å². The number of benzene rings is 2. The summed E-state index contributed by atoms with van der Waals surface area (Å²) < 4.78 is 11.6. The number of hydrogen-bond donors (Lipinski definition) is 1. The quantitative estimate of drug-likeness (QED) is 0.272. The Labute approximate surface area is 220 Å². The van der Waals surface area contributed by atoms with E-state index in [1.807, 2.05) is 69.2 Å². The lowest BCUT2D eigenvalue weighted by molar-refractivity contribution is -0.140. The van der Waals surface area contributed by atoms with E-state index in [0.717, 1.165) is 23.3 Å². The SMILES string of the molecule is CCCOc1cccc(C2/C(=C(\O)c3ccc(OCC)c(C(C)(C)C)c3)C(=O)C(=O)N2CCN(C)C)c1. The minimum atomic E-state index is -0.727. The van der Waals surface area contributed by atoms with Crippen LogP contribution in [0.1, 0.15) is 63.8 Å². The van der Waals surface area contributed by atoms with Crippen LogP contribution in [0.5, 0.6) is 11.5 Å². The summed E-state index contributed by atoms with van der Waals surface area (Å²) >= 11 is 0. The number of aliphatic hydroxyl groups excluding tert-OH is 1. The molecule has 0 radical (unpaired) electrons. The lowest BCUT2D eigenvalue weighted by Gasteiger charge is -2.27. The van der Waals surface area contributed by atoms with Crippen LogP contribution in [-0.4, -0.2) is 67.0 Å². The minimum Gasteiger partial charge on any atom is -0.507 e. The number of ketones is 1. The van der Waals surface area contributed by atoms with Crippen LogP contribution in [0.3, 0.4) is 0 Å². The fourth-order valence-corrected chi connectivity index (χ4v) is 4.46. The van der Waals surface area contributed by atoms with Crippen LogP contribution in [0.2, 0.25) is 0 Å². The summed E-state index contributed by atoms with van der Waals surface area (Å²) in [7, 11) is 3.83. The van der Waals surface area contributed by atoms with Gasteiger partial charge in [0.2, 0.25) is 0 Å². The molecule has 7 heteroatoms. The molecule has 0 bridgehead atoms. The van der Waals surface area contributed by atoms with Crippen molar-refractivity contribution in [3.8, 4) is 11.5 Å². The van der Waals surface area contributed by atoms with E-state index in [4.69, 9.17) is 9.47 Å². The van der Waals surface area contributed by atoms with Gasteiger partial charge in [0.15, 0.2) is 0 Å². The van der Waals surface area contributed by atoms with E-state index >= 15 is 0 Å². The van der Waals surface area contributed by atoms with Crippen LogP contribution in [-0.2, 0) is 15.0 Å². The lowest BCUT2D eigenvalue weighted by atomic mass is 9.84. The summed E-state index contributed by atoms with van der Waals surface area (Å²) in [5, 5.41) is 11.6. The van der Waals surface area contributed by atoms with E-state index in [1.165, 1.54) is 0 Å². The first-order valence-corrected chi connectivity index (χ1v) is 12.9. The molecule has 1 unspecified atom stereocenters. The molecule has 1 fully saturated rings. The standard InChI is InChI=1S/C30H40N2O5/c1-8-17-37-22-12-10-11-20(18-22)26-25(28(34)29(35)32(26)16-15-31(6)7)27(33)21-13-14-24(36-9-2)23(19-21)30(3,4)5/h10-14,18-19,26,33H,8-9,15-17H2,1-7H3/b27-25+. The van der Waals surface area contributed by atoms with Gasteiger partial charge in [0.25, 0.3) is 11.7 Å². The second-order valence-corrected chi connectivity index (χ2v) is 10.6. The molecule has 1 saturated heterocycles. The van der Waals surface area contributed by atoms with Crippen LogP contribution >= 0.6 is 0 Å². The number of likely N-dealkylation sites (tertiary alicyclic amines) is 1. The van der Waals surface area contributed by atoms with Crippen LogP contribution in [0.25, 0.3) is 5.76 Å². The molecule has 0 aromatic heterocycles. The molecular weight excluding hydrogens is 468 g/mol. The van der Waals surface area contributed by atoms with Crippen LogP contribution in [0.15, 0.2) is 48.0 Å². The summed E-state index contributed by atoms with van der Waals surface area (Å²) in [5.41, 5.74) is 1.92. The molecule has 0 aliphatic carbocycles. The van der Waals surface area contributed by atoms with Gasteiger partial charge < -0.3 is 24.4 Å². The average Bonchev–Trinajstić information content (AvgIpc) is 3.10. The normalized spacial score (nSPS) is 17.5. The first-order valence-electron chi connectivity index (χ1n) is 12.9. The van der Waals surface area contributed by atoms with E-state index in [-0.39, 0.29) is 16.7 Å². The number of carbonyl (C=O) groups is 2. The van der Waals surface area contributed by atoms with E-state index in [0.29, 0.717) is 37.6 Å². The largest absolute Gasteiger partial charge is 0.507 e. The van der Waals surface area contributed by atoms with Crippen molar-refractivity contribution in [2.45, 2.75) is 52.5 Å². The van der Waals surface area contributed by atoms with Crippen molar-refractivity contribution in [2.24, 2.45) is 0 Å². The number of amides is 1. The molecule has 1 atom stereocenters. The molecule has 7 nitrogen and oxygen atoms in total. The maximum atomic E-state index is 13.4. The molecule has 0 spiro atoms. The third kappa shape index (κ3) is 6.34. The Kier molecular flexibility index (Phi) is 9.02. The molecule has 2 aromatic rings. The summed E-state index contributed by atoms with van der Waals surface area (Å²) in [6, 6.07) is 12.1. The predicted octanol–water partition coefficient (Wildman–Crippen LogP) is 5.15. The Morgan fingerprint density at radius 2 is 1.78 bits per heavy atom. The van der Waals surface area contributed by atoms with Crippen LogP contribution in [0, 0.1) is 0 Å². The highest BCUT2D eigenvalue weighted by Gasteiger charge is 2.46. The molecule has 1 aliphatic rings. The van der Waals surface area contributed by atoms with Gasteiger partial charge in [-0.2, -0.15) is 0 Å². The zero-order chi connectivity index (χ0) is 27.3. The van der Waals surface area contributed by atoms with Crippen molar-refractivity contribution in [1.29, 1.82) is 0 Å². The molecule has 1 aliphatic heterocycles. The van der Waals surface area contributed by atoms with Crippen molar-refractivity contribution in [3.05, 3.63) is 64.7 Å². The van der Waals surface area contributed by atoms with Crippen molar-refractivity contribution in [2.75, 3.05) is 40.4 Å². The molecule has 2 aromatic carbocycles. The molecule has 1 heterocycles. The fraction of sp³-hybridized carbons (Fsp3) is 0.467. The number of rotatable bonds is 10. The summed E-state index contributed by atoms with van der Waals surface area (Å²) in [5.74, 6) is -0.101. The number of carbonyl (C=O) groups excluding carboxylic acids is 2. The Bertz CT molecular complexity index is 1160. The van der Waals surface area contributed by atoms with Crippen molar-refractivity contribution in [3.63, 3.8) is 0 Å². The second-order valence-electron chi connectivity index (χ2n) is 10.6. The summed E-state index contributed by atoms with van der Waals surface area (Å²) in [6.07, 6.45) is 0.860. The zero-order valence-electron chi connectivity index (χ0n) is 23.1. The zero-order valence-corrected chi connectivity index (χ0v) is 23.1. The maximum Gasteiger partial charge on any atom is 0.295 e. The lowest BCUT2D eigenvalue weighted by Crippen LogP contribution is -2.35. The van der Waals surface area contributed by atoms with E-state index in [1.54, 1.807) is 11.0 Å². The van der Waals surface area contributed by atoms with Crippen molar-refractivity contribution >= 4 is 17.4 Å². The Morgan fingerprint density at radius 1 is 1.05 bits per heavy atom. The number of nitrogens with zero attached hydrogens (tertiary/aromatic N) is 2. The predicted molar refractivity (Wildman–Crippen MR) is 146 cm³/mol.